The maximum Gasteiger partial charge on any atom is 0.249 e. The molecule has 0 bridgehead atoms. The Labute approximate surface area is 292 Å². The number of rotatable bonds is 36. The molecule has 0 aromatic heterocycles. The summed E-state index contributed by atoms with van der Waals surface area (Å²) in [7, 11) is 0. The molecule has 5 nitrogen and oxygen atoms in total. The number of carbonyl (C=O) groups is 1. The molecule has 3 unspecified atom stereocenters. The number of allylic oxidation sites excluding steroid dienone is 5. The highest BCUT2D eigenvalue weighted by atomic mass is 16.3. The maximum absolute atomic E-state index is 12.4. The highest BCUT2D eigenvalue weighted by Gasteiger charge is 2.22. The third-order valence-corrected chi connectivity index (χ3v) is 9.20. The highest BCUT2D eigenvalue weighted by Crippen LogP contribution is 2.14. The first-order valence-corrected chi connectivity index (χ1v) is 20.3. The maximum atomic E-state index is 12.4. The zero-order valence-electron chi connectivity index (χ0n) is 31.2. The SMILES string of the molecule is CCCCCCC/C=C/CC/C=C/C(O)C(CO)NC(=O)C(O)CCCCCCCC/C=C\CCCCCCCCCCCCCC. The minimum absolute atomic E-state index is 0.378. The van der Waals surface area contributed by atoms with Crippen LogP contribution < -0.4 is 5.32 Å². The number of hydrogen-bond acceptors (Lipinski definition) is 4. The van der Waals surface area contributed by atoms with Gasteiger partial charge in [0.15, 0.2) is 0 Å². The Morgan fingerprint density at radius 2 is 0.872 bits per heavy atom. The zero-order valence-corrected chi connectivity index (χ0v) is 31.2. The third kappa shape index (κ3) is 32.9. The molecule has 0 saturated heterocycles. The molecule has 0 spiro atoms. The average molecular weight is 662 g/mol. The lowest BCUT2D eigenvalue weighted by molar-refractivity contribution is -0.131. The van der Waals surface area contributed by atoms with Crippen molar-refractivity contribution < 1.29 is 20.1 Å². The molecule has 276 valence electrons. The molecule has 0 aromatic rings. The predicted octanol–water partition coefficient (Wildman–Crippen LogP) is 11.2. The molecule has 4 N–H and O–H groups in total. The van der Waals surface area contributed by atoms with Crippen LogP contribution in [0.15, 0.2) is 36.5 Å². The lowest BCUT2D eigenvalue weighted by Crippen LogP contribution is -2.48. The molecule has 0 aliphatic heterocycles. The first-order valence-electron chi connectivity index (χ1n) is 20.3. The number of amides is 1. The van der Waals surface area contributed by atoms with Crippen molar-refractivity contribution >= 4 is 5.91 Å². The van der Waals surface area contributed by atoms with Crippen LogP contribution in [0.5, 0.6) is 0 Å². The van der Waals surface area contributed by atoms with Gasteiger partial charge in [0.2, 0.25) is 5.91 Å². The summed E-state index contributed by atoms with van der Waals surface area (Å²) in [6, 6.07) is -0.814. The van der Waals surface area contributed by atoms with Crippen molar-refractivity contribution in [1.29, 1.82) is 0 Å². The molecule has 0 saturated carbocycles. The second-order valence-electron chi connectivity index (χ2n) is 13.8. The minimum atomic E-state index is -1.11. The lowest BCUT2D eigenvalue weighted by Gasteiger charge is -2.21. The molecule has 0 fully saturated rings. The summed E-state index contributed by atoms with van der Waals surface area (Å²) in [6.45, 7) is 4.13. The molecular formula is C42H79NO4. The minimum Gasteiger partial charge on any atom is -0.394 e. The van der Waals surface area contributed by atoms with Gasteiger partial charge >= 0.3 is 0 Å². The molecular weight excluding hydrogens is 582 g/mol. The van der Waals surface area contributed by atoms with Crippen molar-refractivity contribution in [3.63, 3.8) is 0 Å². The summed E-state index contributed by atoms with van der Waals surface area (Å²) >= 11 is 0. The van der Waals surface area contributed by atoms with Gasteiger partial charge in [-0.1, -0.05) is 179 Å². The molecule has 47 heavy (non-hydrogen) atoms. The summed E-state index contributed by atoms with van der Waals surface area (Å²) in [5, 5.41) is 32.9. The van der Waals surface area contributed by atoms with Crippen molar-refractivity contribution in [3.05, 3.63) is 36.5 Å². The van der Waals surface area contributed by atoms with Crippen LogP contribution in [0, 0.1) is 0 Å². The Hall–Kier alpha value is -1.43. The number of hydrogen-bond donors (Lipinski definition) is 4. The van der Waals surface area contributed by atoms with E-state index < -0.39 is 24.2 Å². The van der Waals surface area contributed by atoms with E-state index in [1.165, 1.54) is 141 Å². The van der Waals surface area contributed by atoms with Gasteiger partial charge in [-0.25, -0.2) is 0 Å². The fraction of sp³-hybridized carbons (Fsp3) is 0.833. The summed E-state index contributed by atoms with van der Waals surface area (Å²) in [5.41, 5.74) is 0. The van der Waals surface area contributed by atoms with Crippen LogP contribution in [0.3, 0.4) is 0 Å². The summed E-state index contributed by atoms with van der Waals surface area (Å²) in [4.78, 5) is 12.4. The standard InChI is InChI=1S/C42H79NO4/c1-3-5-7-9-11-13-15-16-17-18-19-20-21-22-23-24-25-27-29-31-33-35-37-41(46)42(47)43-39(38-44)40(45)36-34-32-30-28-26-14-12-10-8-6-4-2/h22-23,26,28,34,36,39-41,44-46H,3-21,24-25,27,29-33,35,37-38H2,1-2H3,(H,43,47)/b23-22-,28-26+,36-34+. The predicted molar refractivity (Wildman–Crippen MR) is 204 cm³/mol. The van der Waals surface area contributed by atoms with Crippen LogP contribution in [-0.4, -0.2) is 46.1 Å². The Bertz CT molecular complexity index is 734. The quantitative estimate of drug-likeness (QED) is 0.0397. The first kappa shape index (κ1) is 45.6. The molecule has 1 amide bonds. The second-order valence-corrected chi connectivity index (χ2v) is 13.8. The first-order chi connectivity index (χ1) is 23.1. The van der Waals surface area contributed by atoms with E-state index >= 15 is 0 Å². The smallest absolute Gasteiger partial charge is 0.249 e. The van der Waals surface area contributed by atoms with Gasteiger partial charge in [-0.15, -0.1) is 0 Å². The van der Waals surface area contributed by atoms with Gasteiger partial charge in [0.1, 0.15) is 6.10 Å². The van der Waals surface area contributed by atoms with E-state index in [-0.39, 0.29) is 6.61 Å². The second kappa shape index (κ2) is 37.4. The van der Waals surface area contributed by atoms with E-state index in [9.17, 15) is 20.1 Å². The number of carbonyl (C=O) groups excluding carboxylic acids is 1. The van der Waals surface area contributed by atoms with Gasteiger partial charge in [0.25, 0.3) is 0 Å². The van der Waals surface area contributed by atoms with E-state index in [4.69, 9.17) is 0 Å². The topological polar surface area (TPSA) is 89.8 Å². The number of nitrogens with one attached hydrogen (secondary N) is 1. The van der Waals surface area contributed by atoms with Crippen LogP contribution >= 0.6 is 0 Å². The van der Waals surface area contributed by atoms with Crippen LogP contribution in [0.25, 0.3) is 0 Å². The molecule has 0 aliphatic rings. The van der Waals surface area contributed by atoms with E-state index in [0.717, 1.165) is 38.5 Å². The van der Waals surface area contributed by atoms with Crippen LogP contribution in [-0.2, 0) is 4.79 Å². The molecule has 3 atom stereocenters. The van der Waals surface area contributed by atoms with Crippen molar-refractivity contribution in [1.82, 2.24) is 5.32 Å². The van der Waals surface area contributed by atoms with E-state index in [1.54, 1.807) is 6.08 Å². The van der Waals surface area contributed by atoms with Gasteiger partial charge in [-0.3, -0.25) is 4.79 Å². The largest absolute Gasteiger partial charge is 0.394 e. The molecule has 0 aliphatic carbocycles. The summed E-state index contributed by atoms with van der Waals surface area (Å²) in [6.07, 6.45) is 46.0. The molecule has 5 heteroatoms. The van der Waals surface area contributed by atoms with Gasteiger partial charge in [-0.2, -0.15) is 0 Å². The van der Waals surface area contributed by atoms with E-state index in [2.05, 4.69) is 43.5 Å². The van der Waals surface area contributed by atoms with Crippen molar-refractivity contribution in [2.75, 3.05) is 6.61 Å². The molecule has 0 radical (unpaired) electrons. The van der Waals surface area contributed by atoms with Crippen LogP contribution in [0.4, 0.5) is 0 Å². The van der Waals surface area contributed by atoms with E-state index in [0.29, 0.717) is 6.42 Å². The monoisotopic (exact) mass is 662 g/mol. The highest BCUT2D eigenvalue weighted by molar-refractivity contribution is 5.80. The van der Waals surface area contributed by atoms with Gasteiger partial charge < -0.3 is 20.6 Å². The van der Waals surface area contributed by atoms with Crippen molar-refractivity contribution in [3.8, 4) is 0 Å². The number of aliphatic hydroxyl groups is 3. The summed E-state index contributed by atoms with van der Waals surface area (Å²) < 4.78 is 0. The Kier molecular flexibility index (Phi) is 36.3. The Balaban J connectivity index is 3.69. The zero-order chi connectivity index (χ0) is 34.5. The molecule has 0 heterocycles. The van der Waals surface area contributed by atoms with Gasteiger partial charge in [0, 0.05) is 0 Å². The fourth-order valence-corrected chi connectivity index (χ4v) is 5.96. The van der Waals surface area contributed by atoms with Gasteiger partial charge in [0.05, 0.1) is 18.8 Å². The average Bonchev–Trinajstić information content (AvgIpc) is 3.07. The van der Waals surface area contributed by atoms with E-state index in [1.807, 2.05) is 6.08 Å². The number of unbranched alkanes of at least 4 members (excludes halogenated alkanes) is 24. The van der Waals surface area contributed by atoms with Crippen molar-refractivity contribution in [2.45, 2.75) is 218 Å². The third-order valence-electron chi connectivity index (χ3n) is 9.20. The normalized spacial score (nSPS) is 14.1. The number of aliphatic hydroxyl groups excluding tert-OH is 3. The molecule has 0 aromatic carbocycles. The van der Waals surface area contributed by atoms with Crippen LogP contribution in [0.2, 0.25) is 0 Å². The van der Waals surface area contributed by atoms with Gasteiger partial charge in [-0.05, 0) is 57.8 Å². The fourth-order valence-electron chi connectivity index (χ4n) is 5.96. The Morgan fingerprint density at radius 1 is 0.511 bits per heavy atom. The summed E-state index contributed by atoms with van der Waals surface area (Å²) in [5.74, 6) is -0.520. The van der Waals surface area contributed by atoms with Crippen molar-refractivity contribution in [2.24, 2.45) is 0 Å². The lowest BCUT2D eigenvalue weighted by atomic mass is 10.0. The molecule has 0 rings (SSSR count). The van der Waals surface area contributed by atoms with Crippen LogP contribution in [0.1, 0.15) is 200 Å². The Morgan fingerprint density at radius 3 is 1.30 bits per heavy atom.